The standard InChI is InChI=1S/C13H21NO4/c1-13(2,3)18-12(17)14-7-8-4-5-9(14)6-10(8)11(15)16/h8-10H,4-7H2,1-3H3,(H,15,16). The first-order valence-corrected chi connectivity index (χ1v) is 6.50. The average molecular weight is 255 g/mol. The van der Waals surface area contributed by atoms with E-state index in [1.807, 2.05) is 20.8 Å². The highest BCUT2D eigenvalue weighted by Gasteiger charge is 2.46. The van der Waals surface area contributed by atoms with Gasteiger partial charge >= 0.3 is 12.1 Å². The van der Waals surface area contributed by atoms with Crippen molar-refractivity contribution in [3.8, 4) is 0 Å². The molecule has 0 spiro atoms. The quantitative estimate of drug-likeness (QED) is 0.779. The van der Waals surface area contributed by atoms with Gasteiger partial charge in [-0.15, -0.1) is 0 Å². The van der Waals surface area contributed by atoms with Crippen LogP contribution in [0, 0.1) is 11.8 Å². The molecule has 0 aromatic rings. The fourth-order valence-electron chi connectivity index (χ4n) is 2.96. The number of carboxylic acid groups (broad SMARTS) is 1. The van der Waals surface area contributed by atoms with E-state index in [4.69, 9.17) is 9.84 Å². The number of carbonyl (C=O) groups is 2. The van der Waals surface area contributed by atoms with Crippen LogP contribution in [0.1, 0.15) is 40.0 Å². The number of amides is 1. The molecule has 3 unspecified atom stereocenters. The SMILES string of the molecule is CC(C)(C)OC(=O)N1CC2CCC1CC2C(=O)O. The van der Waals surface area contributed by atoms with Gasteiger partial charge in [0.2, 0.25) is 0 Å². The number of ether oxygens (including phenoxy) is 1. The molecule has 102 valence electrons. The summed E-state index contributed by atoms with van der Waals surface area (Å²) in [5, 5.41) is 9.14. The normalized spacial score (nSPS) is 31.3. The van der Waals surface area contributed by atoms with Gasteiger partial charge in [-0.2, -0.15) is 0 Å². The molecule has 0 aromatic heterocycles. The fourth-order valence-corrected chi connectivity index (χ4v) is 2.96. The summed E-state index contributed by atoms with van der Waals surface area (Å²) in [6, 6.07) is 0.0333. The number of carboxylic acids is 1. The number of aliphatic carboxylic acids is 1. The number of carbonyl (C=O) groups excluding carboxylic acids is 1. The Kier molecular flexibility index (Phi) is 3.25. The Labute approximate surface area is 107 Å². The third-order valence-corrected chi connectivity index (χ3v) is 3.78. The van der Waals surface area contributed by atoms with Crippen molar-refractivity contribution in [3.05, 3.63) is 0 Å². The Bertz CT molecular complexity index is 360. The van der Waals surface area contributed by atoms with Crippen molar-refractivity contribution in [2.75, 3.05) is 6.54 Å². The van der Waals surface area contributed by atoms with Crippen molar-refractivity contribution in [3.63, 3.8) is 0 Å². The second-order valence-electron chi connectivity index (χ2n) is 6.30. The van der Waals surface area contributed by atoms with Crippen molar-refractivity contribution in [2.24, 2.45) is 11.8 Å². The van der Waals surface area contributed by atoms with Gasteiger partial charge in [0.25, 0.3) is 0 Å². The zero-order valence-corrected chi connectivity index (χ0v) is 11.2. The van der Waals surface area contributed by atoms with E-state index in [2.05, 4.69) is 0 Å². The van der Waals surface area contributed by atoms with E-state index in [1.165, 1.54) is 0 Å². The third-order valence-electron chi connectivity index (χ3n) is 3.78. The zero-order valence-electron chi connectivity index (χ0n) is 11.2. The summed E-state index contributed by atoms with van der Waals surface area (Å²) in [6.07, 6.45) is 2.06. The lowest BCUT2D eigenvalue weighted by molar-refractivity contribution is -0.149. The van der Waals surface area contributed by atoms with Crippen LogP contribution in [0.25, 0.3) is 0 Å². The second kappa shape index (κ2) is 4.44. The van der Waals surface area contributed by atoms with Gasteiger partial charge in [-0.25, -0.2) is 4.79 Å². The minimum atomic E-state index is -0.728. The highest BCUT2D eigenvalue weighted by molar-refractivity contribution is 5.73. The first kappa shape index (κ1) is 13.2. The van der Waals surface area contributed by atoms with Gasteiger partial charge in [-0.1, -0.05) is 0 Å². The Morgan fingerprint density at radius 2 is 1.94 bits per heavy atom. The highest BCUT2D eigenvalue weighted by atomic mass is 16.6. The summed E-state index contributed by atoms with van der Waals surface area (Å²) in [5.41, 5.74) is -0.500. The molecule has 5 nitrogen and oxygen atoms in total. The molecule has 3 aliphatic rings. The first-order chi connectivity index (χ1) is 8.28. The molecule has 2 aliphatic heterocycles. The van der Waals surface area contributed by atoms with E-state index in [-0.39, 0.29) is 24.0 Å². The van der Waals surface area contributed by atoms with Crippen molar-refractivity contribution < 1.29 is 19.4 Å². The molecule has 18 heavy (non-hydrogen) atoms. The molecule has 2 heterocycles. The van der Waals surface area contributed by atoms with E-state index >= 15 is 0 Å². The van der Waals surface area contributed by atoms with Crippen molar-refractivity contribution >= 4 is 12.1 Å². The number of piperidine rings is 2. The molecule has 2 saturated heterocycles. The summed E-state index contributed by atoms with van der Waals surface area (Å²) in [7, 11) is 0. The minimum Gasteiger partial charge on any atom is -0.481 e. The van der Waals surface area contributed by atoms with Crippen LogP contribution in [0.4, 0.5) is 4.79 Å². The predicted molar refractivity (Wildman–Crippen MR) is 65.2 cm³/mol. The van der Waals surface area contributed by atoms with Gasteiger partial charge in [-0.3, -0.25) is 4.79 Å². The minimum absolute atomic E-state index is 0.0333. The molecular weight excluding hydrogens is 234 g/mol. The second-order valence-corrected chi connectivity index (χ2v) is 6.30. The van der Waals surface area contributed by atoms with Crippen molar-refractivity contribution in [2.45, 2.75) is 51.7 Å². The van der Waals surface area contributed by atoms with Gasteiger partial charge in [0.05, 0.1) is 5.92 Å². The van der Waals surface area contributed by atoms with Crippen LogP contribution < -0.4 is 0 Å². The number of nitrogens with zero attached hydrogens (tertiary/aromatic N) is 1. The molecule has 1 amide bonds. The lowest BCUT2D eigenvalue weighted by Gasteiger charge is -2.48. The molecule has 5 heteroatoms. The van der Waals surface area contributed by atoms with Crippen LogP contribution in [-0.2, 0) is 9.53 Å². The summed E-state index contributed by atoms with van der Waals surface area (Å²) in [4.78, 5) is 24.9. The zero-order chi connectivity index (χ0) is 13.5. The van der Waals surface area contributed by atoms with Crippen LogP contribution in [0.15, 0.2) is 0 Å². The molecule has 1 N–H and O–H groups in total. The molecule has 0 aromatic carbocycles. The molecule has 3 rings (SSSR count). The van der Waals surface area contributed by atoms with Crippen molar-refractivity contribution in [1.29, 1.82) is 0 Å². The summed E-state index contributed by atoms with van der Waals surface area (Å²) in [6.45, 7) is 6.05. The van der Waals surface area contributed by atoms with Gasteiger partial charge in [0, 0.05) is 12.6 Å². The Morgan fingerprint density at radius 3 is 2.39 bits per heavy atom. The molecule has 1 aliphatic carbocycles. The lowest BCUT2D eigenvalue weighted by Crippen LogP contribution is -2.56. The van der Waals surface area contributed by atoms with Gasteiger partial charge in [0.1, 0.15) is 5.60 Å². The molecule has 2 bridgehead atoms. The fraction of sp³-hybridized carbons (Fsp3) is 0.846. The first-order valence-electron chi connectivity index (χ1n) is 6.50. The molecule has 1 saturated carbocycles. The monoisotopic (exact) mass is 255 g/mol. The van der Waals surface area contributed by atoms with E-state index in [0.717, 1.165) is 12.8 Å². The number of hydrogen-bond donors (Lipinski definition) is 1. The van der Waals surface area contributed by atoms with Crippen molar-refractivity contribution in [1.82, 2.24) is 4.90 Å². The Hall–Kier alpha value is -1.26. The summed E-state index contributed by atoms with van der Waals surface area (Å²) < 4.78 is 5.37. The summed E-state index contributed by atoms with van der Waals surface area (Å²) >= 11 is 0. The third kappa shape index (κ3) is 2.60. The van der Waals surface area contributed by atoms with E-state index in [0.29, 0.717) is 13.0 Å². The maximum atomic E-state index is 12.0. The number of hydrogen-bond acceptors (Lipinski definition) is 3. The highest BCUT2D eigenvalue weighted by Crippen LogP contribution is 2.39. The maximum absolute atomic E-state index is 12.0. The lowest BCUT2D eigenvalue weighted by atomic mass is 9.72. The molecule has 0 radical (unpaired) electrons. The molecule has 3 fully saturated rings. The molecule has 3 atom stereocenters. The predicted octanol–water partition coefficient (Wildman–Crippen LogP) is 2.11. The van der Waals surface area contributed by atoms with Gasteiger partial charge < -0.3 is 14.7 Å². The van der Waals surface area contributed by atoms with Crippen LogP contribution in [0.5, 0.6) is 0 Å². The Morgan fingerprint density at radius 1 is 1.28 bits per heavy atom. The maximum Gasteiger partial charge on any atom is 0.410 e. The van der Waals surface area contributed by atoms with E-state index in [9.17, 15) is 9.59 Å². The van der Waals surface area contributed by atoms with Crippen LogP contribution >= 0.6 is 0 Å². The summed E-state index contributed by atoms with van der Waals surface area (Å²) in [5.74, 6) is -0.934. The number of fused-ring (bicyclic) bond motifs is 3. The topological polar surface area (TPSA) is 66.8 Å². The van der Waals surface area contributed by atoms with Crippen LogP contribution in [-0.4, -0.2) is 40.3 Å². The van der Waals surface area contributed by atoms with Crippen LogP contribution in [0.2, 0.25) is 0 Å². The van der Waals surface area contributed by atoms with Crippen LogP contribution in [0.3, 0.4) is 0 Å². The van der Waals surface area contributed by atoms with E-state index < -0.39 is 11.6 Å². The number of rotatable bonds is 1. The van der Waals surface area contributed by atoms with Gasteiger partial charge in [0.15, 0.2) is 0 Å². The Balaban J connectivity index is 2.02. The largest absolute Gasteiger partial charge is 0.481 e. The average Bonchev–Trinajstić information content (AvgIpc) is 2.27. The molecular formula is C13H21NO4. The van der Waals surface area contributed by atoms with E-state index in [1.54, 1.807) is 4.90 Å². The smallest absolute Gasteiger partial charge is 0.410 e. The van der Waals surface area contributed by atoms with Gasteiger partial charge in [-0.05, 0) is 46.0 Å².